The average molecular weight is 564 g/mol. The summed E-state index contributed by atoms with van der Waals surface area (Å²) in [5, 5.41) is 5.56. The van der Waals surface area contributed by atoms with Crippen molar-refractivity contribution in [3.63, 3.8) is 0 Å². The van der Waals surface area contributed by atoms with Gasteiger partial charge in [-0.3, -0.25) is 9.59 Å². The zero-order valence-corrected chi connectivity index (χ0v) is 23.7. The van der Waals surface area contributed by atoms with Crippen molar-refractivity contribution in [1.29, 1.82) is 0 Å². The van der Waals surface area contributed by atoms with Gasteiger partial charge in [0.2, 0.25) is 17.7 Å². The number of oxazole rings is 1. The first-order valence-corrected chi connectivity index (χ1v) is 14.6. The number of aromatic nitrogens is 1. The maximum absolute atomic E-state index is 13.4. The number of fused-ring (bicyclic) bond motifs is 5. The fraction of sp³-hybridized carbons (Fsp3) is 0.577. The molecule has 0 aliphatic carbocycles. The van der Waals surface area contributed by atoms with Crippen molar-refractivity contribution in [3.8, 4) is 23.0 Å². The van der Waals surface area contributed by atoms with E-state index in [9.17, 15) is 18.0 Å². The van der Waals surface area contributed by atoms with Crippen LogP contribution < -0.4 is 20.1 Å². The molecule has 1 atom stereocenters. The van der Waals surface area contributed by atoms with E-state index in [0.717, 1.165) is 12.8 Å². The standard InChI is InChI=1S/C26H37N5O7S/c1-17(2)24-25(33)27-15-20-18(3)38-26(28-20)19-8-9-21(36-4)22(14-19)37-13-7-12-31(16-23(32)29-24)39(34,35)30-10-5-6-11-30/h8-9,14,17,24H,5-7,10-13,15-16H2,1-4H3,(H,27,33)(H,29,32)/t24-/m0/s1. The highest BCUT2D eigenvalue weighted by Gasteiger charge is 2.34. The van der Waals surface area contributed by atoms with Gasteiger partial charge in [0.25, 0.3) is 10.2 Å². The van der Waals surface area contributed by atoms with E-state index in [-0.39, 0.29) is 25.6 Å². The Kier molecular flexibility index (Phi) is 9.13. The second kappa shape index (κ2) is 12.3. The van der Waals surface area contributed by atoms with Gasteiger partial charge in [0.05, 0.1) is 26.8 Å². The maximum Gasteiger partial charge on any atom is 0.282 e. The smallest absolute Gasteiger partial charge is 0.282 e. The minimum Gasteiger partial charge on any atom is -0.493 e. The molecule has 0 radical (unpaired) electrons. The first-order valence-electron chi connectivity index (χ1n) is 13.2. The van der Waals surface area contributed by atoms with Crippen LogP contribution in [0.1, 0.15) is 44.6 Å². The second-order valence-electron chi connectivity index (χ2n) is 10.0. The molecule has 0 saturated carbocycles. The molecule has 13 heteroatoms. The first kappa shape index (κ1) is 28.8. The molecule has 1 aromatic carbocycles. The van der Waals surface area contributed by atoms with Crippen LogP contribution >= 0.6 is 0 Å². The fourth-order valence-corrected chi connectivity index (χ4v) is 6.30. The van der Waals surface area contributed by atoms with E-state index in [2.05, 4.69) is 15.6 Å². The van der Waals surface area contributed by atoms with Crippen LogP contribution in [0.25, 0.3) is 11.5 Å². The molecule has 2 aliphatic rings. The molecule has 2 amide bonds. The lowest BCUT2D eigenvalue weighted by atomic mass is 10.0. The molecule has 0 unspecified atom stereocenters. The lowest BCUT2D eigenvalue weighted by Crippen LogP contribution is -2.53. The quantitative estimate of drug-likeness (QED) is 0.574. The molecule has 2 aliphatic heterocycles. The number of hydrogen-bond donors (Lipinski definition) is 2. The number of nitrogens with zero attached hydrogens (tertiary/aromatic N) is 3. The molecule has 4 bridgehead atoms. The molecule has 3 heterocycles. The highest BCUT2D eigenvalue weighted by molar-refractivity contribution is 7.86. The van der Waals surface area contributed by atoms with Gasteiger partial charge in [0, 0.05) is 25.2 Å². The Labute approximate surface area is 229 Å². The lowest BCUT2D eigenvalue weighted by Gasteiger charge is -2.28. The number of benzene rings is 1. The van der Waals surface area contributed by atoms with Gasteiger partial charge in [0.1, 0.15) is 17.5 Å². The zero-order valence-electron chi connectivity index (χ0n) is 22.9. The first-order chi connectivity index (χ1) is 18.6. The summed E-state index contributed by atoms with van der Waals surface area (Å²) in [4.78, 5) is 30.7. The predicted octanol–water partition coefficient (Wildman–Crippen LogP) is 1.84. The molecule has 12 nitrogen and oxygen atoms in total. The van der Waals surface area contributed by atoms with Crippen LogP contribution in [0.15, 0.2) is 22.6 Å². The van der Waals surface area contributed by atoms with Crippen molar-refractivity contribution in [1.82, 2.24) is 24.2 Å². The molecule has 1 aromatic heterocycles. The van der Waals surface area contributed by atoms with Crippen molar-refractivity contribution in [2.24, 2.45) is 5.92 Å². The molecule has 2 N–H and O–H groups in total. The number of methoxy groups -OCH3 is 1. The van der Waals surface area contributed by atoms with Crippen molar-refractivity contribution >= 4 is 22.0 Å². The van der Waals surface area contributed by atoms with Crippen LogP contribution in [0, 0.1) is 12.8 Å². The zero-order chi connectivity index (χ0) is 28.2. The lowest BCUT2D eigenvalue weighted by molar-refractivity contribution is -0.130. The van der Waals surface area contributed by atoms with Gasteiger partial charge < -0.3 is 24.5 Å². The third-order valence-corrected chi connectivity index (χ3v) is 8.83. The molecular weight excluding hydrogens is 526 g/mol. The number of carbonyl (C=O) groups is 2. The number of rotatable bonds is 4. The minimum absolute atomic E-state index is 0.0646. The van der Waals surface area contributed by atoms with Crippen molar-refractivity contribution < 1.29 is 31.9 Å². The summed E-state index contributed by atoms with van der Waals surface area (Å²) in [5.74, 6) is 0.693. The summed E-state index contributed by atoms with van der Waals surface area (Å²) in [6, 6.07) is 4.43. The van der Waals surface area contributed by atoms with E-state index in [1.54, 1.807) is 25.1 Å². The van der Waals surface area contributed by atoms with E-state index >= 15 is 0 Å². The minimum atomic E-state index is -3.87. The Balaban J connectivity index is 1.65. The van der Waals surface area contributed by atoms with Crippen LogP contribution in [0.3, 0.4) is 0 Å². The molecule has 4 rings (SSSR count). The summed E-state index contributed by atoms with van der Waals surface area (Å²) in [5.41, 5.74) is 1.22. The molecular formula is C26H37N5O7S. The van der Waals surface area contributed by atoms with Crippen LogP contribution in [0.5, 0.6) is 11.5 Å². The van der Waals surface area contributed by atoms with E-state index in [0.29, 0.717) is 53.9 Å². The number of aryl methyl sites for hydroxylation is 1. The highest BCUT2D eigenvalue weighted by atomic mass is 32.2. The van der Waals surface area contributed by atoms with Crippen molar-refractivity contribution in [2.45, 2.75) is 52.6 Å². The summed E-state index contributed by atoms with van der Waals surface area (Å²) in [6.07, 6.45) is 1.88. The number of carbonyl (C=O) groups excluding carboxylic acids is 2. The van der Waals surface area contributed by atoms with Gasteiger partial charge in [-0.25, -0.2) is 4.98 Å². The number of hydrogen-bond acceptors (Lipinski definition) is 8. The van der Waals surface area contributed by atoms with Crippen LogP contribution in [-0.4, -0.2) is 79.8 Å². The molecule has 1 saturated heterocycles. The Morgan fingerprint density at radius 3 is 2.51 bits per heavy atom. The SMILES string of the molecule is COc1ccc2cc1OCCCN(S(=O)(=O)N1CCCC1)CC(=O)N[C@@H](C(C)C)C(=O)NCc1nc-2oc1C. The Morgan fingerprint density at radius 1 is 1.10 bits per heavy atom. The highest BCUT2D eigenvalue weighted by Crippen LogP contribution is 2.33. The van der Waals surface area contributed by atoms with Gasteiger partial charge >= 0.3 is 0 Å². The normalized spacial score (nSPS) is 20.6. The third kappa shape index (κ3) is 6.71. The number of nitrogens with one attached hydrogen (secondary N) is 2. The number of amides is 2. The molecule has 2 aromatic rings. The summed E-state index contributed by atoms with van der Waals surface area (Å²) in [6.45, 7) is 6.16. The van der Waals surface area contributed by atoms with Crippen LogP contribution in [0.4, 0.5) is 0 Å². The van der Waals surface area contributed by atoms with Gasteiger partial charge in [-0.2, -0.15) is 17.0 Å². The van der Waals surface area contributed by atoms with Crippen molar-refractivity contribution in [3.05, 3.63) is 29.7 Å². The molecule has 39 heavy (non-hydrogen) atoms. The second-order valence-corrected chi connectivity index (χ2v) is 12.0. The summed E-state index contributed by atoms with van der Waals surface area (Å²) >= 11 is 0. The van der Waals surface area contributed by atoms with E-state index in [1.807, 2.05) is 13.8 Å². The predicted molar refractivity (Wildman–Crippen MR) is 143 cm³/mol. The summed E-state index contributed by atoms with van der Waals surface area (Å²) in [7, 11) is -2.34. The van der Waals surface area contributed by atoms with Crippen LogP contribution in [-0.2, 0) is 26.3 Å². The monoisotopic (exact) mass is 563 g/mol. The van der Waals surface area contributed by atoms with Crippen molar-refractivity contribution in [2.75, 3.05) is 39.9 Å². The Morgan fingerprint density at radius 2 is 1.82 bits per heavy atom. The topological polar surface area (TPSA) is 143 Å². The molecule has 214 valence electrons. The van der Waals surface area contributed by atoms with E-state index in [4.69, 9.17) is 13.9 Å². The maximum atomic E-state index is 13.4. The van der Waals surface area contributed by atoms with Gasteiger partial charge in [-0.15, -0.1) is 0 Å². The van der Waals surface area contributed by atoms with Gasteiger partial charge in [0.15, 0.2) is 11.5 Å². The van der Waals surface area contributed by atoms with E-state index < -0.39 is 34.6 Å². The average Bonchev–Trinajstić information content (AvgIpc) is 3.57. The fourth-order valence-electron chi connectivity index (χ4n) is 4.61. The molecule has 0 spiro atoms. The Bertz CT molecular complexity index is 1290. The van der Waals surface area contributed by atoms with Crippen LogP contribution in [0.2, 0.25) is 0 Å². The van der Waals surface area contributed by atoms with E-state index in [1.165, 1.54) is 15.7 Å². The third-order valence-electron chi connectivity index (χ3n) is 6.85. The Hall–Kier alpha value is -3.16. The molecule has 1 fully saturated rings. The largest absolute Gasteiger partial charge is 0.493 e. The van der Waals surface area contributed by atoms with Gasteiger partial charge in [-0.1, -0.05) is 13.8 Å². The summed E-state index contributed by atoms with van der Waals surface area (Å²) < 4.78 is 46.6. The van der Waals surface area contributed by atoms with Gasteiger partial charge in [-0.05, 0) is 50.3 Å². The number of ether oxygens (including phenoxy) is 2.